The quantitative estimate of drug-likeness (QED) is 0.933. The van der Waals surface area contributed by atoms with E-state index in [9.17, 15) is 9.50 Å². The summed E-state index contributed by atoms with van der Waals surface area (Å²) in [6, 6.07) is 6.54. The van der Waals surface area contributed by atoms with Gasteiger partial charge in [-0.1, -0.05) is 12.1 Å². The number of nitrogens with zero attached hydrogens (tertiary/aromatic N) is 3. The third kappa shape index (κ3) is 3.88. The minimum absolute atomic E-state index is 0.280. The molecule has 0 aliphatic carbocycles. The topological polar surface area (TPSA) is 58.5 Å². The van der Waals surface area contributed by atoms with Gasteiger partial charge in [0.25, 0.3) is 0 Å². The fourth-order valence-corrected chi connectivity index (χ4v) is 3.17. The number of rotatable bonds is 4. The van der Waals surface area contributed by atoms with Crippen LogP contribution in [0.15, 0.2) is 36.7 Å². The van der Waals surface area contributed by atoms with Crippen LogP contribution < -0.4 is 4.74 Å². The molecule has 1 aliphatic rings. The van der Waals surface area contributed by atoms with E-state index in [0.29, 0.717) is 18.9 Å². The van der Waals surface area contributed by atoms with Crippen LogP contribution in [0.1, 0.15) is 30.4 Å². The molecule has 6 heteroatoms. The molecular weight excluding hydrogens is 309 g/mol. The number of aromatic nitrogens is 2. The van der Waals surface area contributed by atoms with Gasteiger partial charge in [0, 0.05) is 31.0 Å². The summed E-state index contributed by atoms with van der Waals surface area (Å²) in [5.41, 5.74) is 0.917. The van der Waals surface area contributed by atoms with Gasteiger partial charge in [-0.15, -0.1) is 0 Å². The summed E-state index contributed by atoms with van der Waals surface area (Å²) >= 11 is 0. The van der Waals surface area contributed by atoms with Crippen molar-refractivity contribution in [2.24, 2.45) is 0 Å². The van der Waals surface area contributed by atoms with E-state index in [1.165, 1.54) is 12.1 Å². The number of likely N-dealkylation sites (tertiary alicyclic amines) is 1. The SMILES string of the molecule is COc1ncc(CN2CCCC(O)(c3ccc(F)cc3)CC2)cn1. The van der Waals surface area contributed by atoms with E-state index in [2.05, 4.69) is 14.9 Å². The number of halogens is 1. The third-order valence-electron chi connectivity index (χ3n) is 4.56. The first-order chi connectivity index (χ1) is 11.6. The van der Waals surface area contributed by atoms with Gasteiger partial charge in [0.1, 0.15) is 5.82 Å². The van der Waals surface area contributed by atoms with Crippen molar-refractivity contribution in [1.82, 2.24) is 14.9 Å². The van der Waals surface area contributed by atoms with Crippen LogP contribution in [0.4, 0.5) is 4.39 Å². The van der Waals surface area contributed by atoms with Crippen molar-refractivity contribution in [3.63, 3.8) is 0 Å². The zero-order chi connectivity index (χ0) is 17.0. The molecule has 1 aliphatic heterocycles. The Morgan fingerprint density at radius 1 is 1.17 bits per heavy atom. The molecule has 0 radical (unpaired) electrons. The average Bonchev–Trinajstić information content (AvgIpc) is 2.79. The summed E-state index contributed by atoms with van der Waals surface area (Å²) < 4.78 is 18.1. The zero-order valence-corrected chi connectivity index (χ0v) is 13.8. The molecule has 1 aromatic carbocycles. The molecule has 0 bridgehead atoms. The molecule has 0 spiro atoms. The molecule has 3 rings (SSSR count). The number of ether oxygens (including phenoxy) is 1. The first-order valence-electron chi connectivity index (χ1n) is 8.15. The summed E-state index contributed by atoms with van der Waals surface area (Å²) in [5.74, 6) is -0.280. The lowest BCUT2D eigenvalue weighted by molar-refractivity contribution is 0.0209. The predicted molar refractivity (Wildman–Crippen MR) is 88.0 cm³/mol. The lowest BCUT2D eigenvalue weighted by atomic mass is 9.87. The van der Waals surface area contributed by atoms with Crippen molar-refractivity contribution in [3.05, 3.63) is 53.6 Å². The van der Waals surface area contributed by atoms with E-state index in [1.54, 1.807) is 31.6 Å². The molecule has 1 N–H and O–H groups in total. The van der Waals surface area contributed by atoms with Gasteiger partial charge in [0.2, 0.25) is 0 Å². The number of methoxy groups -OCH3 is 1. The first kappa shape index (κ1) is 16.8. The Morgan fingerprint density at radius 3 is 2.54 bits per heavy atom. The highest BCUT2D eigenvalue weighted by Gasteiger charge is 2.31. The van der Waals surface area contributed by atoms with Crippen molar-refractivity contribution >= 4 is 0 Å². The van der Waals surface area contributed by atoms with Crippen molar-refractivity contribution < 1.29 is 14.2 Å². The van der Waals surface area contributed by atoms with Crippen molar-refractivity contribution in [3.8, 4) is 6.01 Å². The summed E-state index contributed by atoms with van der Waals surface area (Å²) in [6.45, 7) is 2.40. The van der Waals surface area contributed by atoms with E-state index in [0.717, 1.165) is 37.2 Å². The molecule has 1 atom stereocenters. The van der Waals surface area contributed by atoms with Gasteiger partial charge in [-0.3, -0.25) is 4.90 Å². The van der Waals surface area contributed by atoms with Gasteiger partial charge in [0.05, 0.1) is 12.7 Å². The number of hydrogen-bond donors (Lipinski definition) is 1. The molecule has 0 amide bonds. The molecule has 1 fully saturated rings. The summed E-state index contributed by atoms with van der Waals surface area (Å²) in [6.07, 6.45) is 5.71. The molecule has 0 saturated carbocycles. The largest absolute Gasteiger partial charge is 0.467 e. The Kier molecular flexibility index (Phi) is 5.06. The van der Waals surface area contributed by atoms with Gasteiger partial charge in [-0.2, -0.15) is 0 Å². The lowest BCUT2D eigenvalue weighted by Gasteiger charge is -2.27. The van der Waals surface area contributed by atoms with Gasteiger partial charge in [-0.25, -0.2) is 14.4 Å². The third-order valence-corrected chi connectivity index (χ3v) is 4.56. The highest BCUT2D eigenvalue weighted by atomic mass is 19.1. The molecule has 1 unspecified atom stereocenters. The monoisotopic (exact) mass is 331 g/mol. The normalized spacial score (nSPS) is 22.1. The summed E-state index contributed by atoms with van der Waals surface area (Å²) in [4.78, 5) is 10.5. The van der Waals surface area contributed by atoms with Crippen molar-refractivity contribution in [2.75, 3.05) is 20.2 Å². The minimum Gasteiger partial charge on any atom is -0.467 e. The van der Waals surface area contributed by atoms with E-state index in [1.807, 2.05) is 0 Å². The van der Waals surface area contributed by atoms with Crippen LogP contribution in [0, 0.1) is 5.82 Å². The predicted octanol–water partition coefficient (Wildman–Crippen LogP) is 2.50. The number of aliphatic hydroxyl groups is 1. The molecule has 128 valence electrons. The highest BCUT2D eigenvalue weighted by Crippen LogP contribution is 2.33. The molecule has 2 aromatic rings. The van der Waals surface area contributed by atoms with Crippen LogP contribution in [0.25, 0.3) is 0 Å². The number of hydrogen-bond acceptors (Lipinski definition) is 5. The van der Waals surface area contributed by atoms with E-state index in [-0.39, 0.29) is 5.82 Å². The maximum Gasteiger partial charge on any atom is 0.316 e. The zero-order valence-electron chi connectivity index (χ0n) is 13.8. The van der Waals surface area contributed by atoms with Crippen LogP contribution in [0.5, 0.6) is 6.01 Å². The molecule has 2 heterocycles. The van der Waals surface area contributed by atoms with E-state index >= 15 is 0 Å². The van der Waals surface area contributed by atoms with Gasteiger partial charge in [-0.05, 0) is 43.5 Å². The molecule has 1 saturated heterocycles. The first-order valence-corrected chi connectivity index (χ1v) is 8.15. The van der Waals surface area contributed by atoms with Crippen molar-refractivity contribution in [1.29, 1.82) is 0 Å². The van der Waals surface area contributed by atoms with E-state index < -0.39 is 5.60 Å². The van der Waals surface area contributed by atoms with Crippen LogP contribution in [-0.4, -0.2) is 40.2 Å². The molecule has 1 aromatic heterocycles. The Morgan fingerprint density at radius 2 is 1.88 bits per heavy atom. The van der Waals surface area contributed by atoms with Crippen LogP contribution >= 0.6 is 0 Å². The maximum absolute atomic E-state index is 13.1. The van der Waals surface area contributed by atoms with Crippen LogP contribution in [0.3, 0.4) is 0 Å². The Bertz CT molecular complexity index is 663. The fourth-order valence-electron chi connectivity index (χ4n) is 3.17. The standard InChI is InChI=1S/C18H22FN3O2/c1-24-17-20-11-14(12-21-17)13-22-9-2-7-18(23,8-10-22)15-3-5-16(19)6-4-15/h3-6,11-12,23H,2,7-10,13H2,1H3. The van der Waals surface area contributed by atoms with Crippen molar-refractivity contribution in [2.45, 2.75) is 31.4 Å². The Labute approximate surface area is 141 Å². The summed E-state index contributed by atoms with van der Waals surface area (Å²) in [7, 11) is 1.54. The second kappa shape index (κ2) is 7.23. The van der Waals surface area contributed by atoms with E-state index in [4.69, 9.17) is 4.74 Å². The second-order valence-corrected chi connectivity index (χ2v) is 6.25. The summed E-state index contributed by atoms with van der Waals surface area (Å²) in [5, 5.41) is 11.0. The van der Waals surface area contributed by atoms with Crippen LogP contribution in [0.2, 0.25) is 0 Å². The van der Waals surface area contributed by atoms with Crippen LogP contribution in [-0.2, 0) is 12.1 Å². The lowest BCUT2D eigenvalue weighted by Crippen LogP contribution is -2.29. The Hall–Kier alpha value is -2.05. The average molecular weight is 331 g/mol. The fraction of sp³-hybridized carbons (Fsp3) is 0.444. The van der Waals surface area contributed by atoms with Gasteiger partial charge < -0.3 is 9.84 Å². The smallest absolute Gasteiger partial charge is 0.316 e. The molecule has 5 nitrogen and oxygen atoms in total. The highest BCUT2D eigenvalue weighted by molar-refractivity contribution is 5.23. The molecular formula is C18H22FN3O2. The number of benzene rings is 1. The molecule has 24 heavy (non-hydrogen) atoms. The van der Waals surface area contributed by atoms with Gasteiger partial charge >= 0.3 is 6.01 Å². The minimum atomic E-state index is -0.890. The second-order valence-electron chi connectivity index (χ2n) is 6.25. The Balaban J connectivity index is 1.64. The van der Waals surface area contributed by atoms with Gasteiger partial charge in [0.15, 0.2) is 0 Å². The maximum atomic E-state index is 13.1.